The third-order valence-electron chi connectivity index (χ3n) is 3.63. The molecule has 24 heavy (non-hydrogen) atoms. The van der Waals surface area contributed by atoms with Gasteiger partial charge in [0.25, 0.3) is 5.91 Å². The number of nitrogen functional groups attached to an aromatic ring is 1. The smallest absolute Gasteiger partial charge is 0.256 e. The number of hydrogen-bond acceptors (Lipinski definition) is 8. The Hall–Kier alpha value is -2.43. The van der Waals surface area contributed by atoms with Crippen molar-refractivity contribution in [3.63, 3.8) is 0 Å². The molecule has 1 aliphatic rings. The summed E-state index contributed by atoms with van der Waals surface area (Å²) in [5, 5.41) is 27.1. The predicted octanol–water partition coefficient (Wildman–Crippen LogP) is 0.0260. The van der Waals surface area contributed by atoms with Crippen molar-refractivity contribution < 1.29 is 15.0 Å². The van der Waals surface area contributed by atoms with E-state index in [1.807, 2.05) is 17.0 Å². The first-order valence-electron chi connectivity index (χ1n) is 7.20. The summed E-state index contributed by atoms with van der Waals surface area (Å²) in [7, 11) is 0. The lowest BCUT2D eigenvalue weighted by atomic mass is 10.2. The zero-order valence-corrected chi connectivity index (χ0v) is 13.5. The highest BCUT2D eigenvalue weighted by molar-refractivity contribution is 8.00. The number of benzene rings is 1. The number of aromatic nitrogens is 2. The first-order chi connectivity index (χ1) is 11.4. The Morgan fingerprint density at radius 2 is 2.08 bits per heavy atom. The highest BCUT2D eigenvalue weighted by Gasteiger charge is 2.31. The summed E-state index contributed by atoms with van der Waals surface area (Å²) in [6.07, 6.45) is 0. The van der Waals surface area contributed by atoms with E-state index in [1.165, 1.54) is 0 Å². The lowest BCUT2D eigenvalue weighted by Crippen LogP contribution is -2.46. The number of anilines is 4. The van der Waals surface area contributed by atoms with Crippen LogP contribution in [0.3, 0.4) is 0 Å². The molecule has 0 spiro atoms. The molecule has 1 aliphatic heterocycles. The molecule has 1 saturated heterocycles. The van der Waals surface area contributed by atoms with Gasteiger partial charge in [-0.05, 0) is 24.3 Å². The minimum Gasteiger partial charge on any atom is -0.383 e. The van der Waals surface area contributed by atoms with Crippen LogP contribution in [0, 0.1) is 0 Å². The largest absolute Gasteiger partial charge is 0.383 e. The topological polar surface area (TPSA) is 154 Å². The molecule has 128 valence electrons. The van der Waals surface area contributed by atoms with E-state index in [0.717, 1.165) is 24.0 Å². The van der Waals surface area contributed by atoms with Gasteiger partial charge in [-0.15, -0.1) is 0 Å². The van der Waals surface area contributed by atoms with Gasteiger partial charge in [-0.2, -0.15) is 5.10 Å². The van der Waals surface area contributed by atoms with Gasteiger partial charge in [-0.1, -0.05) is 11.8 Å². The number of thioether (sulfide) groups is 1. The molecule has 0 saturated carbocycles. The summed E-state index contributed by atoms with van der Waals surface area (Å²) in [5.74, 6) is 0.316. The number of carbonyl (C=O) groups is 1. The third-order valence-corrected chi connectivity index (χ3v) is 4.61. The summed E-state index contributed by atoms with van der Waals surface area (Å²) in [6, 6.07) is 7.27. The molecule has 3 rings (SSSR count). The maximum atomic E-state index is 11.4. The Balaban J connectivity index is 1.75. The second-order valence-electron chi connectivity index (χ2n) is 5.41. The SMILES string of the molecule is NC(=O)c1c(Nc2ccc(N3CCSC(O)(O)C3)cc2)n[nH]c1N. The van der Waals surface area contributed by atoms with Crippen LogP contribution in [0.5, 0.6) is 0 Å². The van der Waals surface area contributed by atoms with Gasteiger partial charge in [-0.25, -0.2) is 0 Å². The van der Waals surface area contributed by atoms with E-state index in [4.69, 9.17) is 11.5 Å². The van der Waals surface area contributed by atoms with Crippen molar-refractivity contribution in [1.29, 1.82) is 0 Å². The van der Waals surface area contributed by atoms with Gasteiger partial charge in [0.2, 0.25) is 5.12 Å². The molecule has 10 heteroatoms. The predicted molar refractivity (Wildman–Crippen MR) is 93.1 cm³/mol. The number of aromatic amines is 1. The Labute approximate surface area is 142 Å². The Bertz CT molecular complexity index is 745. The number of nitrogens with zero attached hydrogens (tertiary/aromatic N) is 2. The van der Waals surface area contributed by atoms with Crippen LogP contribution in [0.15, 0.2) is 24.3 Å². The molecule has 2 aromatic rings. The summed E-state index contributed by atoms with van der Waals surface area (Å²) in [4.78, 5) is 13.3. The van der Waals surface area contributed by atoms with Crippen LogP contribution in [-0.2, 0) is 0 Å². The van der Waals surface area contributed by atoms with Crippen molar-refractivity contribution in [1.82, 2.24) is 10.2 Å². The fourth-order valence-corrected chi connectivity index (χ4v) is 3.39. The molecule has 0 bridgehead atoms. The molecule has 0 radical (unpaired) electrons. The fourth-order valence-electron chi connectivity index (χ4n) is 2.50. The second kappa shape index (κ2) is 6.23. The van der Waals surface area contributed by atoms with Crippen molar-refractivity contribution in [3.05, 3.63) is 29.8 Å². The number of rotatable bonds is 4. The molecular weight excluding hydrogens is 332 g/mol. The van der Waals surface area contributed by atoms with E-state index in [9.17, 15) is 15.0 Å². The minimum atomic E-state index is -1.74. The van der Waals surface area contributed by atoms with Gasteiger partial charge >= 0.3 is 0 Å². The Morgan fingerprint density at radius 3 is 2.71 bits per heavy atom. The molecule has 1 aromatic heterocycles. The molecular formula is C14H18N6O3S. The van der Waals surface area contributed by atoms with Crippen LogP contribution in [0.4, 0.5) is 23.0 Å². The van der Waals surface area contributed by atoms with Crippen LogP contribution >= 0.6 is 11.8 Å². The van der Waals surface area contributed by atoms with E-state index in [-0.39, 0.29) is 23.7 Å². The van der Waals surface area contributed by atoms with Gasteiger partial charge in [-0.3, -0.25) is 9.89 Å². The summed E-state index contributed by atoms with van der Waals surface area (Å²) >= 11 is 1.12. The third kappa shape index (κ3) is 3.40. The monoisotopic (exact) mass is 350 g/mol. The molecule has 0 atom stereocenters. The average Bonchev–Trinajstić information content (AvgIpc) is 2.88. The zero-order chi connectivity index (χ0) is 17.3. The molecule has 9 nitrogen and oxygen atoms in total. The molecule has 1 amide bonds. The molecule has 0 unspecified atom stereocenters. The van der Waals surface area contributed by atoms with E-state index in [2.05, 4.69) is 15.5 Å². The number of H-pyrrole nitrogens is 1. The number of amides is 1. The van der Waals surface area contributed by atoms with Crippen LogP contribution in [-0.4, -0.2) is 50.3 Å². The van der Waals surface area contributed by atoms with Crippen LogP contribution in [0.25, 0.3) is 0 Å². The number of carbonyl (C=O) groups excluding carboxylic acids is 1. The van der Waals surface area contributed by atoms with Crippen LogP contribution in [0.1, 0.15) is 10.4 Å². The van der Waals surface area contributed by atoms with Crippen molar-refractivity contribution >= 4 is 40.7 Å². The lowest BCUT2D eigenvalue weighted by Gasteiger charge is -2.36. The number of nitrogens with two attached hydrogens (primary N) is 2. The van der Waals surface area contributed by atoms with Gasteiger partial charge in [0, 0.05) is 23.7 Å². The van der Waals surface area contributed by atoms with Gasteiger partial charge in [0.15, 0.2) is 5.82 Å². The minimum absolute atomic E-state index is 0.106. The number of β-amino-alcohol motifs (C(OH)–C–C–N with tert-alkyl or cyclic N) is 2. The average molecular weight is 350 g/mol. The quantitative estimate of drug-likeness (QED) is 0.422. The maximum absolute atomic E-state index is 11.4. The maximum Gasteiger partial charge on any atom is 0.256 e. The highest BCUT2D eigenvalue weighted by Crippen LogP contribution is 2.30. The van der Waals surface area contributed by atoms with Crippen molar-refractivity contribution in [2.75, 3.05) is 34.8 Å². The molecule has 2 heterocycles. The standard InChI is InChI=1S/C14H18N6O3S/c15-11-10(12(16)21)13(19-18-11)17-8-1-3-9(4-2-8)20-5-6-24-14(22,23)7-20/h1-4,22-23H,5-7H2,(H2,16,21)(H4,15,17,18,19). The second-order valence-corrected chi connectivity index (χ2v) is 6.76. The highest BCUT2D eigenvalue weighted by atomic mass is 32.2. The summed E-state index contributed by atoms with van der Waals surface area (Å²) < 4.78 is 0. The van der Waals surface area contributed by atoms with Crippen molar-refractivity contribution in [3.8, 4) is 0 Å². The number of nitrogens with one attached hydrogen (secondary N) is 2. The van der Waals surface area contributed by atoms with Gasteiger partial charge in [0.1, 0.15) is 11.4 Å². The fraction of sp³-hybridized carbons (Fsp3) is 0.286. The summed E-state index contributed by atoms with van der Waals surface area (Å²) in [6.45, 7) is 0.855. The van der Waals surface area contributed by atoms with Crippen LogP contribution < -0.4 is 21.7 Å². The number of primary amides is 1. The lowest BCUT2D eigenvalue weighted by molar-refractivity contribution is -0.0698. The normalized spacial score (nSPS) is 16.8. The van der Waals surface area contributed by atoms with E-state index < -0.39 is 11.0 Å². The number of hydrogen-bond donors (Lipinski definition) is 6. The van der Waals surface area contributed by atoms with E-state index in [0.29, 0.717) is 11.4 Å². The number of aliphatic hydroxyl groups is 2. The van der Waals surface area contributed by atoms with E-state index in [1.54, 1.807) is 12.1 Å². The first kappa shape index (κ1) is 16.4. The Morgan fingerprint density at radius 1 is 1.38 bits per heavy atom. The van der Waals surface area contributed by atoms with Gasteiger partial charge in [0.05, 0.1) is 6.54 Å². The van der Waals surface area contributed by atoms with Crippen molar-refractivity contribution in [2.45, 2.75) is 5.12 Å². The molecule has 0 aliphatic carbocycles. The zero-order valence-electron chi connectivity index (χ0n) is 12.7. The summed E-state index contributed by atoms with van der Waals surface area (Å²) in [5.41, 5.74) is 12.6. The van der Waals surface area contributed by atoms with Gasteiger partial charge < -0.3 is 31.9 Å². The molecule has 1 fully saturated rings. The van der Waals surface area contributed by atoms with E-state index >= 15 is 0 Å². The molecule has 1 aromatic carbocycles. The molecule has 8 N–H and O–H groups in total. The Kier molecular flexibility index (Phi) is 4.26. The first-order valence-corrected chi connectivity index (χ1v) is 8.19. The van der Waals surface area contributed by atoms with Crippen molar-refractivity contribution in [2.24, 2.45) is 5.73 Å². The van der Waals surface area contributed by atoms with Crippen LogP contribution in [0.2, 0.25) is 0 Å².